The van der Waals surface area contributed by atoms with Crippen molar-refractivity contribution in [2.75, 3.05) is 19.6 Å². The first-order chi connectivity index (χ1) is 12.0. The van der Waals surface area contributed by atoms with E-state index in [0.29, 0.717) is 38.5 Å². The van der Waals surface area contributed by atoms with Crippen LogP contribution in [0, 0.1) is 5.92 Å². The molecule has 3 amide bonds. The lowest BCUT2D eigenvalue weighted by Crippen LogP contribution is -2.49. The van der Waals surface area contributed by atoms with Crippen molar-refractivity contribution in [3.8, 4) is 0 Å². The van der Waals surface area contributed by atoms with Crippen LogP contribution in [0.3, 0.4) is 0 Å². The molecule has 1 spiro atoms. The molecular formula is C19H28N4O2. The van der Waals surface area contributed by atoms with Gasteiger partial charge in [-0.3, -0.25) is 9.78 Å². The Balaban J connectivity index is 1.63. The minimum Gasteiger partial charge on any atom is -0.338 e. The van der Waals surface area contributed by atoms with Gasteiger partial charge in [0, 0.05) is 45.0 Å². The van der Waals surface area contributed by atoms with Gasteiger partial charge in [0.1, 0.15) is 0 Å². The fourth-order valence-electron chi connectivity index (χ4n) is 3.83. The molecule has 1 atom stereocenters. The van der Waals surface area contributed by atoms with E-state index in [-0.39, 0.29) is 17.5 Å². The average Bonchev–Trinajstić information content (AvgIpc) is 3.15. The molecule has 2 aliphatic heterocycles. The van der Waals surface area contributed by atoms with Crippen LogP contribution in [0.4, 0.5) is 4.79 Å². The number of hydrogen-bond donors (Lipinski definition) is 1. The van der Waals surface area contributed by atoms with E-state index >= 15 is 0 Å². The van der Waals surface area contributed by atoms with Crippen LogP contribution in [0.2, 0.25) is 0 Å². The van der Waals surface area contributed by atoms with Crippen molar-refractivity contribution in [1.29, 1.82) is 0 Å². The predicted octanol–water partition coefficient (Wildman–Crippen LogP) is 2.40. The van der Waals surface area contributed by atoms with Crippen LogP contribution in [0.5, 0.6) is 0 Å². The molecule has 6 nitrogen and oxygen atoms in total. The molecule has 3 heterocycles. The van der Waals surface area contributed by atoms with Crippen molar-refractivity contribution in [2.24, 2.45) is 5.92 Å². The van der Waals surface area contributed by atoms with E-state index in [0.717, 1.165) is 24.8 Å². The molecule has 25 heavy (non-hydrogen) atoms. The number of nitrogens with one attached hydrogen (secondary N) is 1. The number of rotatable bonds is 5. The third kappa shape index (κ3) is 3.94. The van der Waals surface area contributed by atoms with Gasteiger partial charge < -0.3 is 15.1 Å². The van der Waals surface area contributed by atoms with Gasteiger partial charge in [-0.15, -0.1) is 0 Å². The van der Waals surface area contributed by atoms with Crippen LogP contribution in [-0.4, -0.2) is 51.9 Å². The third-order valence-electron chi connectivity index (χ3n) is 5.39. The smallest absolute Gasteiger partial charge is 0.317 e. The van der Waals surface area contributed by atoms with Crippen LogP contribution in [0.1, 0.15) is 45.1 Å². The molecule has 1 aromatic heterocycles. The van der Waals surface area contributed by atoms with Gasteiger partial charge in [0.25, 0.3) is 0 Å². The van der Waals surface area contributed by atoms with Crippen molar-refractivity contribution >= 4 is 11.9 Å². The van der Waals surface area contributed by atoms with E-state index in [9.17, 15) is 9.59 Å². The lowest BCUT2D eigenvalue weighted by molar-refractivity contribution is -0.131. The predicted molar refractivity (Wildman–Crippen MR) is 95.8 cm³/mol. The van der Waals surface area contributed by atoms with E-state index in [4.69, 9.17) is 0 Å². The molecule has 6 heteroatoms. The number of carbonyl (C=O) groups is 2. The lowest BCUT2D eigenvalue weighted by Gasteiger charge is -2.35. The van der Waals surface area contributed by atoms with Gasteiger partial charge >= 0.3 is 6.03 Å². The van der Waals surface area contributed by atoms with Crippen LogP contribution in [0.25, 0.3) is 0 Å². The second kappa shape index (κ2) is 7.42. The summed E-state index contributed by atoms with van der Waals surface area (Å²) < 4.78 is 0. The van der Waals surface area contributed by atoms with E-state index in [1.54, 1.807) is 12.4 Å². The number of amides is 3. The molecule has 1 N–H and O–H groups in total. The standard InChI is InChI=1S/C19H28N4O2/c1-15(2)4-11-21-18(25)22-12-8-19(14-22)7-3-17(24)23(19)13-16-5-9-20-10-6-16/h5-6,9-10,15H,3-4,7-8,11-14H2,1-2H3,(H,21,25). The summed E-state index contributed by atoms with van der Waals surface area (Å²) in [4.78, 5) is 32.8. The summed E-state index contributed by atoms with van der Waals surface area (Å²) in [5.74, 6) is 0.771. The van der Waals surface area contributed by atoms with Gasteiger partial charge in [0.15, 0.2) is 0 Å². The molecule has 136 valence electrons. The van der Waals surface area contributed by atoms with Gasteiger partial charge in [0.05, 0.1) is 5.54 Å². The number of urea groups is 1. The SMILES string of the molecule is CC(C)CCNC(=O)N1CCC2(CCC(=O)N2Cc2ccncc2)C1. The Hall–Kier alpha value is -2.11. The molecule has 2 fully saturated rings. The van der Waals surface area contributed by atoms with Gasteiger partial charge in [0.2, 0.25) is 5.91 Å². The Bertz CT molecular complexity index is 619. The Morgan fingerprint density at radius 1 is 1.32 bits per heavy atom. The van der Waals surface area contributed by atoms with Gasteiger partial charge in [-0.05, 0) is 42.9 Å². The first-order valence-corrected chi connectivity index (χ1v) is 9.22. The maximum Gasteiger partial charge on any atom is 0.317 e. The number of hydrogen-bond acceptors (Lipinski definition) is 3. The van der Waals surface area contributed by atoms with E-state index < -0.39 is 0 Å². The zero-order valence-corrected chi connectivity index (χ0v) is 15.2. The van der Waals surface area contributed by atoms with Crippen LogP contribution < -0.4 is 5.32 Å². The fourth-order valence-corrected chi connectivity index (χ4v) is 3.83. The second-order valence-corrected chi connectivity index (χ2v) is 7.65. The monoisotopic (exact) mass is 344 g/mol. The van der Waals surface area contributed by atoms with Crippen LogP contribution in [0.15, 0.2) is 24.5 Å². The Morgan fingerprint density at radius 2 is 2.08 bits per heavy atom. The van der Waals surface area contributed by atoms with Crippen LogP contribution in [-0.2, 0) is 11.3 Å². The first kappa shape index (κ1) is 17.7. The van der Waals surface area contributed by atoms with Gasteiger partial charge in [-0.25, -0.2) is 4.79 Å². The summed E-state index contributed by atoms with van der Waals surface area (Å²) in [6, 6.07) is 3.90. The van der Waals surface area contributed by atoms with Crippen molar-refractivity contribution in [1.82, 2.24) is 20.1 Å². The molecule has 1 aromatic rings. The molecule has 0 aromatic carbocycles. The zero-order valence-electron chi connectivity index (χ0n) is 15.2. The summed E-state index contributed by atoms with van der Waals surface area (Å²) in [5.41, 5.74) is 0.889. The quantitative estimate of drug-likeness (QED) is 0.892. The summed E-state index contributed by atoms with van der Waals surface area (Å²) in [7, 11) is 0. The molecular weight excluding hydrogens is 316 g/mol. The van der Waals surface area contributed by atoms with Gasteiger partial charge in [-0.2, -0.15) is 0 Å². The summed E-state index contributed by atoms with van der Waals surface area (Å²) in [6.07, 6.45) is 6.77. The highest BCUT2D eigenvalue weighted by Gasteiger charge is 2.50. The largest absolute Gasteiger partial charge is 0.338 e. The van der Waals surface area contributed by atoms with Crippen molar-refractivity contribution < 1.29 is 9.59 Å². The number of aromatic nitrogens is 1. The molecule has 0 aliphatic carbocycles. The molecule has 0 saturated carbocycles. The van der Waals surface area contributed by atoms with Gasteiger partial charge in [-0.1, -0.05) is 13.8 Å². The zero-order chi connectivity index (χ0) is 17.9. The number of likely N-dealkylation sites (tertiary alicyclic amines) is 2. The van der Waals surface area contributed by atoms with Crippen molar-refractivity contribution in [3.05, 3.63) is 30.1 Å². The molecule has 2 saturated heterocycles. The van der Waals surface area contributed by atoms with E-state index in [1.165, 1.54) is 0 Å². The highest BCUT2D eigenvalue weighted by Crippen LogP contribution is 2.39. The van der Waals surface area contributed by atoms with E-state index in [1.807, 2.05) is 21.9 Å². The topological polar surface area (TPSA) is 65.5 Å². The third-order valence-corrected chi connectivity index (χ3v) is 5.39. The minimum absolute atomic E-state index is 0.000681. The normalized spacial score (nSPS) is 23.1. The highest BCUT2D eigenvalue weighted by molar-refractivity contribution is 5.81. The molecule has 0 bridgehead atoms. The molecule has 1 unspecified atom stereocenters. The number of pyridine rings is 1. The maximum absolute atomic E-state index is 12.5. The number of nitrogens with zero attached hydrogens (tertiary/aromatic N) is 3. The molecule has 0 radical (unpaired) electrons. The number of carbonyl (C=O) groups excluding carboxylic acids is 2. The Kier molecular flexibility index (Phi) is 5.25. The summed E-state index contributed by atoms with van der Waals surface area (Å²) in [5, 5.41) is 3.01. The molecule has 3 rings (SSSR count). The summed E-state index contributed by atoms with van der Waals surface area (Å²) >= 11 is 0. The average molecular weight is 344 g/mol. The Morgan fingerprint density at radius 3 is 2.80 bits per heavy atom. The lowest BCUT2D eigenvalue weighted by atomic mass is 9.95. The second-order valence-electron chi connectivity index (χ2n) is 7.65. The van der Waals surface area contributed by atoms with Crippen molar-refractivity contribution in [3.63, 3.8) is 0 Å². The highest BCUT2D eigenvalue weighted by atomic mass is 16.2. The summed E-state index contributed by atoms with van der Waals surface area (Å²) in [6.45, 7) is 6.96. The minimum atomic E-state index is -0.199. The van der Waals surface area contributed by atoms with Crippen LogP contribution >= 0.6 is 0 Å². The maximum atomic E-state index is 12.5. The molecule has 2 aliphatic rings. The van der Waals surface area contributed by atoms with Crippen molar-refractivity contribution in [2.45, 2.75) is 51.6 Å². The Labute approximate surface area is 149 Å². The van der Waals surface area contributed by atoms with E-state index in [2.05, 4.69) is 24.1 Å². The first-order valence-electron chi connectivity index (χ1n) is 9.22. The fraction of sp³-hybridized carbons (Fsp3) is 0.632.